The van der Waals surface area contributed by atoms with Gasteiger partial charge in [-0.25, -0.2) is 18.4 Å². The molecule has 1 aliphatic rings. The molecule has 2 heterocycles. The Hall–Kier alpha value is -3.42. The maximum absolute atomic E-state index is 13.5. The summed E-state index contributed by atoms with van der Waals surface area (Å²) in [5.74, 6) is 1.49. The minimum atomic E-state index is -3.99. The Morgan fingerprint density at radius 1 is 0.952 bits per heavy atom. The number of anilines is 3. The van der Waals surface area contributed by atoms with Crippen molar-refractivity contribution in [3.8, 4) is 5.75 Å². The number of para-hydroxylation sites is 2. The number of fused-ring (bicyclic) bond motifs is 1. The van der Waals surface area contributed by atoms with Gasteiger partial charge in [-0.2, -0.15) is 0 Å². The molecular formula is C30H35N5O5S2-2. The minimum absolute atomic E-state index is 0.0589. The number of hydrogen-bond donors (Lipinski definition) is 2. The van der Waals surface area contributed by atoms with Crippen LogP contribution >= 0.6 is 10.6 Å². The van der Waals surface area contributed by atoms with E-state index in [-0.39, 0.29) is 34.0 Å². The fourth-order valence-electron chi connectivity index (χ4n) is 5.04. The third kappa shape index (κ3) is 7.31. The van der Waals surface area contributed by atoms with Crippen LogP contribution in [0, 0.1) is 5.92 Å². The SMILES string of the molecule is COc1ccc(CC2CCS([O-])([O-])CC2)c(Nc2nc3ccccc3nc2NS(=O)(=O)c2ccc(CN(C)C)cc2)c1. The first kappa shape index (κ1) is 30.1. The van der Waals surface area contributed by atoms with E-state index in [4.69, 9.17) is 9.72 Å². The molecule has 1 aromatic heterocycles. The number of sulfone groups is 1. The van der Waals surface area contributed by atoms with Gasteiger partial charge >= 0.3 is 0 Å². The summed E-state index contributed by atoms with van der Waals surface area (Å²) in [5, 5.41) is 3.31. The first-order valence-electron chi connectivity index (χ1n) is 13.7. The Morgan fingerprint density at radius 3 is 2.21 bits per heavy atom. The molecule has 3 aromatic carbocycles. The molecule has 12 heteroatoms. The normalized spacial score (nSPS) is 16.3. The van der Waals surface area contributed by atoms with Crippen molar-refractivity contribution in [2.75, 3.05) is 42.7 Å². The quantitative estimate of drug-likeness (QED) is 0.246. The summed E-state index contributed by atoms with van der Waals surface area (Å²) in [4.78, 5) is 11.5. The Labute approximate surface area is 248 Å². The molecule has 1 aliphatic heterocycles. The fourth-order valence-corrected chi connectivity index (χ4v) is 7.64. The summed E-state index contributed by atoms with van der Waals surface area (Å²) < 4.78 is 59.0. The topological polar surface area (TPSA) is 143 Å². The standard InChI is InChI=1S/C30H37N5O5S2/c1-35(2)20-22-8-12-25(13-9-22)42(38,39)34-30-29(31-26-6-4-5-7-27(26)32-30)33-28-19-24(40-3)11-10-23(28)18-21-14-16-41(36,37)17-15-21/h4-13,19,21,36-37H,14-18,20H2,1-3H3,(H,31,33)(H,32,34)/p-2. The molecule has 0 aliphatic carbocycles. The largest absolute Gasteiger partial charge is 0.800 e. The van der Waals surface area contributed by atoms with Gasteiger partial charge in [0.05, 0.1) is 23.0 Å². The number of rotatable bonds is 10. The van der Waals surface area contributed by atoms with Crippen LogP contribution in [0.3, 0.4) is 0 Å². The van der Waals surface area contributed by atoms with Crippen LogP contribution in [0.2, 0.25) is 0 Å². The summed E-state index contributed by atoms with van der Waals surface area (Å²) in [6.45, 7) is 0.692. The number of methoxy groups -OCH3 is 1. The lowest BCUT2D eigenvalue weighted by atomic mass is 9.93. The van der Waals surface area contributed by atoms with E-state index in [0.29, 0.717) is 48.3 Å². The number of sulfonamides is 1. The average Bonchev–Trinajstić information content (AvgIpc) is 2.95. The molecule has 2 N–H and O–H groups in total. The highest BCUT2D eigenvalue weighted by Gasteiger charge is 2.22. The zero-order valence-electron chi connectivity index (χ0n) is 23.9. The predicted octanol–water partition coefficient (Wildman–Crippen LogP) is 5.26. The molecule has 10 nitrogen and oxygen atoms in total. The van der Waals surface area contributed by atoms with E-state index in [2.05, 4.69) is 15.0 Å². The van der Waals surface area contributed by atoms with Crippen molar-refractivity contribution >= 4 is 49.0 Å². The van der Waals surface area contributed by atoms with E-state index < -0.39 is 20.6 Å². The molecule has 0 atom stereocenters. The molecule has 42 heavy (non-hydrogen) atoms. The first-order chi connectivity index (χ1) is 20.0. The first-order valence-corrected chi connectivity index (χ1v) is 17.0. The van der Waals surface area contributed by atoms with Crippen molar-refractivity contribution in [3.05, 3.63) is 77.9 Å². The molecule has 224 valence electrons. The van der Waals surface area contributed by atoms with E-state index in [1.54, 1.807) is 37.4 Å². The number of nitrogens with zero attached hydrogens (tertiary/aromatic N) is 3. The molecule has 0 spiro atoms. The third-order valence-corrected chi connectivity index (χ3v) is 10.4. The van der Waals surface area contributed by atoms with Gasteiger partial charge in [0.25, 0.3) is 10.0 Å². The van der Waals surface area contributed by atoms with Gasteiger partial charge in [0.15, 0.2) is 11.6 Å². The van der Waals surface area contributed by atoms with E-state index >= 15 is 0 Å². The van der Waals surface area contributed by atoms with Gasteiger partial charge in [-0.05, 0) is 92.2 Å². The Kier molecular flexibility index (Phi) is 8.90. The van der Waals surface area contributed by atoms with Gasteiger partial charge in [0, 0.05) is 18.3 Å². The van der Waals surface area contributed by atoms with Crippen LogP contribution in [0.1, 0.15) is 24.0 Å². The van der Waals surface area contributed by atoms with Crippen molar-refractivity contribution < 1.29 is 22.3 Å². The van der Waals surface area contributed by atoms with Crippen LogP contribution in [0.25, 0.3) is 11.0 Å². The van der Waals surface area contributed by atoms with Gasteiger partial charge in [-0.1, -0.05) is 30.3 Å². The predicted molar refractivity (Wildman–Crippen MR) is 166 cm³/mol. The molecule has 1 fully saturated rings. The van der Waals surface area contributed by atoms with Crippen LogP contribution in [0.15, 0.2) is 71.6 Å². The second-order valence-corrected chi connectivity index (χ2v) is 14.8. The molecule has 0 bridgehead atoms. The van der Waals surface area contributed by atoms with Crippen molar-refractivity contribution in [2.24, 2.45) is 5.92 Å². The van der Waals surface area contributed by atoms with E-state index in [9.17, 15) is 17.5 Å². The summed E-state index contributed by atoms with van der Waals surface area (Å²) in [7, 11) is -1.48. The Balaban J connectivity index is 1.48. The van der Waals surface area contributed by atoms with Crippen LogP contribution < -0.4 is 14.8 Å². The molecule has 0 amide bonds. The Morgan fingerprint density at radius 2 is 1.60 bits per heavy atom. The second-order valence-electron chi connectivity index (χ2n) is 10.8. The number of ether oxygens (including phenoxy) is 1. The van der Waals surface area contributed by atoms with Gasteiger partial charge in [0.1, 0.15) is 5.75 Å². The molecule has 4 aromatic rings. The van der Waals surface area contributed by atoms with E-state index in [1.165, 1.54) is 0 Å². The number of aromatic nitrogens is 2. The highest BCUT2D eigenvalue weighted by Crippen LogP contribution is 2.46. The van der Waals surface area contributed by atoms with Gasteiger partial charge in [-0.15, -0.1) is 0 Å². The van der Waals surface area contributed by atoms with Crippen LogP contribution in [0.5, 0.6) is 5.75 Å². The van der Waals surface area contributed by atoms with Gasteiger partial charge < -0.3 is 34.6 Å². The van der Waals surface area contributed by atoms with Crippen molar-refractivity contribution in [3.63, 3.8) is 0 Å². The van der Waals surface area contributed by atoms with E-state index in [1.807, 2.05) is 55.4 Å². The molecule has 5 rings (SSSR count). The summed E-state index contributed by atoms with van der Waals surface area (Å²) >= 11 is 0. The van der Waals surface area contributed by atoms with Crippen molar-refractivity contribution in [1.82, 2.24) is 14.9 Å². The van der Waals surface area contributed by atoms with E-state index in [0.717, 1.165) is 11.1 Å². The zero-order valence-corrected chi connectivity index (χ0v) is 25.5. The zero-order chi connectivity index (χ0) is 29.9. The van der Waals surface area contributed by atoms with Gasteiger partial charge in [0.2, 0.25) is 0 Å². The van der Waals surface area contributed by atoms with Crippen LogP contribution in [0.4, 0.5) is 17.3 Å². The smallest absolute Gasteiger partial charge is 0.263 e. The second kappa shape index (κ2) is 12.4. The Bertz CT molecular complexity index is 1650. The monoisotopic (exact) mass is 609 g/mol. The molecule has 0 unspecified atom stereocenters. The number of hydrogen-bond acceptors (Lipinski definition) is 9. The van der Waals surface area contributed by atoms with Crippen molar-refractivity contribution in [1.29, 1.82) is 0 Å². The van der Waals surface area contributed by atoms with Crippen molar-refractivity contribution in [2.45, 2.75) is 30.7 Å². The number of benzene rings is 3. The lowest BCUT2D eigenvalue weighted by Gasteiger charge is -2.63. The number of nitrogens with one attached hydrogen (secondary N) is 2. The fraction of sp³-hybridized carbons (Fsp3) is 0.333. The average molecular weight is 610 g/mol. The summed E-state index contributed by atoms with van der Waals surface area (Å²) in [6, 6.07) is 19.6. The highest BCUT2D eigenvalue weighted by atomic mass is 32.3. The molecule has 0 saturated carbocycles. The molecular weight excluding hydrogens is 574 g/mol. The minimum Gasteiger partial charge on any atom is -0.800 e. The lowest BCUT2D eigenvalue weighted by Crippen LogP contribution is -2.22. The van der Waals surface area contributed by atoms with Crippen LogP contribution in [-0.2, 0) is 23.0 Å². The highest BCUT2D eigenvalue weighted by molar-refractivity contribution is 8.24. The summed E-state index contributed by atoms with van der Waals surface area (Å²) in [6.07, 6.45) is 1.85. The third-order valence-electron chi connectivity index (χ3n) is 7.29. The molecule has 1 saturated heterocycles. The van der Waals surface area contributed by atoms with Gasteiger partial charge in [-0.3, -0.25) is 4.72 Å². The maximum Gasteiger partial charge on any atom is 0.263 e. The summed E-state index contributed by atoms with van der Waals surface area (Å²) in [5.41, 5.74) is 3.75. The lowest BCUT2D eigenvalue weighted by molar-refractivity contribution is 0.394. The molecule has 0 radical (unpaired) electrons. The maximum atomic E-state index is 13.5. The van der Waals surface area contributed by atoms with Crippen LogP contribution in [-0.4, -0.2) is 65.1 Å².